The second kappa shape index (κ2) is 9.42. The maximum Gasteiger partial charge on any atom is 0.236 e. The van der Waals surface area contributed by atoms with Gasteiger partial charge in [-0.1, -0.05) is 27.2 Å². The minimum Gasteiger partial charge on any atom is -0.396 e. The molecule has 0 bridgehead atoms. The standard InChI is InChI=1S/C13H28N2O2/c1-4-5-11(6-7-16)9-15-13(17)12(14)8-10(2)3/h10-12,16H,4-9,14H2,1-3H3,(H,15,17). The van der Waals surface area contributed by atoms with Crippen molar-refractivity contribution < 1.29 is 9.90 Å². The molecule has 0 aliphatic carbocycles. The molecule has 2 atom stereocenters. The van der Waals surface area contributed by atoms with Crippen molar-refractivity contribution in [2.75, 3.05) is 13.2 Å². The van der Waals surface area contributed by atoms with E-state index < -0.39 is 6.04 Å². The van der Waals surface area contributed by atoms with Crippen LogP contribution in [0.4, 0.5) is 0 Å². The van der Waals surface area contributed by atoms with Crippen molar-refractivity contribution in [3.05, 3.63) is 0 Å². The summed E-state index contributed by atoms with van der Waals surface area (Å²) in [4.78, 5) is 11.7. The Balaban J connectivity index is 3.93. The Morgan fingerprint density at radius 2 is 2.00 bits per heavy atom. The number of hydrogen-bond acceptors (Lipinski definition) is 3. The summed E-state index contributed by atoms with van der Waals surface area (Å²) in [6, 6.07) is -0.411. The summed E-state index contributed by atoms with van der Waals surface area (Å²) in [6.07, 6.45) is 3.55. The maximum atomic E-state index is 11.7. The van der Waals surface area contributed by atoms with E-state index in [0.29, 0.717) is 24.8 Å². The van der Waals surface area contributed by atoms with Gasteiger partial charge >= 0.3 is 0 Å². The van der Waals surface area contributed by atoms with Crippen LogP contribution in [-0.4, -0.2) is 30.2 Å². The largest absolute Gasteiger partial charge is 0.396 e. The smallest absolute Gasteiger partial charge is 0.236 e. The van der Waals surface area contributed by atoms with E-state index in [1.165, 1.54) is 0 Å². The van der Waals surface area contributed by atoms with Gasteiger partial charge in [0.2, 0.25) is 5.91 Å². The fourth-order valence-electron chi connectivity index (χ4n) is 1.93. The number of aliphatic hydroxyl groups is 1. The molecule has 4 nitrogen and oxygen atoms in total. The highest BCUT2D eigenvalue weighted by Crippen LogP contribution is 2.09. The van der Waals surface area contributed by atoms with Gasteiger partial charge in [0.15, 0.2) is 0 Å². The summed E-state index contributed by atoms with van der Waals surface area (Å²) in [5.41, 5.74) is 5.79. The topological polar surface area (TPSA) is 75.3 Å². The van der Waals surface area contributed by atoms with Crippen LogP contribution in [0.15, 0.2) is 0 Å². The van der Waals surface area contributed by atoms with E-state index >= 15 is 0 Å². The lowest BCUT2D eigenvalue weighted by atomic mass is 9.99. The van der Waals surface area contributed by atoms with Crippen molar-refractivity contribution in [3.8, 4) is 0 Å². The molecule has 0 saturated carbocycles. The quantitative estimate of drug-likeness (QED) is 0.572. The van der Waals surface area contributed by atoms with Crippen LogP contribution in [0.5, 0.6) is 0 Å². The lowest BCUT2D eigenvalue weighted by Crippen LogP contribution is -2.43. The number of hydrogen-bond donors (Lipinski definition) is 3. The SMILES string of the molecule is CCCC(CCO)CNC(=O)C(N)CC(C)C. The average Bonchev–Trinajstić information content (AvgIpc) is 2.25. The molecule has 0 aromatic carbocycles. The first kappa shape index (κ1) is 16.4. The van der Waals surface area contributed by atoms with Crippen molar-refractivity contribution in [1.82, 2.24) is 5.32 Å². The predicted octanol–water partition coefficient (Wildman–Crippen LogP) is 1.27. The third kappa shape index (κ3) is 8.16. The predicted molar refractivity (Wildman–Crippen MR) is 70.5 cm³/mol. The molecule has 0 aromatic heterocycles. The van der Waals surface area contributed by atoms with Crippen LogP contribution >= 0.6 is 0 Å². The molecular weight excluding hydrogens is 216 g/mol. The van der Waals surface area contributed by atoms with E-state index in [4.69, 9.17) is 10.8 Å². The second-order valence-corrected chi connectivity index (χ2v) is 5.15. The number of carbonyl (C=O) groups is 1. The molecule has 102 valence electrons. The Hall–Kier alpha value is -0.610. The zero-order valence-corrected chi connectivity index (χ0v) is 11.4. The second-order valence-electron chi connectivity index (χ2n) is 5.15. The molecule has 0 aliphatic rings. The summed E-state index contributed by atoms with van der Waals surface area (Å²) >= 11 is 0. The average molecular weight is 244 g/mol. The molecule has 0 rings (SSSR count). The maximum absolute atomic E-state index is 11.7. The molecule has 17 heavy (non-hydrogen) atoms. The number of amides is 1. The van der Waals surface area contributed by atoms with Crippen molar-refractivity contribution in [3.63, 3.8) is 0 Å². The molecule has 0 radical (unpaired) electrons. The van der Waals surface area contributed by atoms with Crippen molar-refractivity contribution in [2.24, 2.45) is 17.6 Å². The summed E-state index contributed by atoms with van der Waals surface area (Å²) in [7, 11) is 0. The van der Waals surface area contributed by atoms with E-state index in [2.05, 4.69) is 26.1 Å². The van der Waals surface area contributed by atoms with Crippen LogP contribution in [0.2, 0.25) is 0 Å². The van der Waals surface area contributed by atoms with Gasteiger partial charge in [-0.15, -0.1) is 0 Å². The molecule has 1 amide bonds. The fourth-order valence-corrected chi connectivity index (χ4v) is 1.93. The van der Waals surface area contributed by atoms with E-state index in [-0.39, 0.29) is 12.5 Å². The van der Waals surface area contributed by atoms with Gasteiger partial charge in [0.05, 0.1) is 6.04 Å². The molecule has 0 spiro atoms. The zero-order chi connectivity index (χ0) is 13.3. The van der Waals surface area contributed by atoms with Gasteiger partial charge in [0.1, 0.15) is 0 Å². The van der Waals surface area contributed by atoms with Gasteiger partial charge < -0.3 is 16.2 Å². The first-order chi connectivity index (χ1) is 8.01. The summed E-state index contributed by atoms with van der Waals surface area (Å²) in [5, 5.41) is 11.8. The first-order valence-electron chi connectivity index (χ1n) is 6.65. The number of nitrogens with two attached hydrogens (primary N) is 1. The van der Waals surface area contributed by atoms with E-state index in [0.717, 1.165) is 19.3 Å². The van der Waals surface area contributed by atoms with Gasteiger partial charge in [0.25, 0.3) is 0 Å². The van der Waals surface area contributed by atoms with Gasteiger partial charge in [-0.25, -0.2) is 0 Å². The third-order valence-electron chi connectivity index (χ3n) is 2.86. The molecule has 2 unspecified atom stereocenters. The van der Waals surface area contributed by atoms with Crippen LogP contribution in [0.1, 0.15) is 46.5 Å². The minimum absolute atomic E-state index is 0.0715. The highest BCUT2D eigenvalue weighted by molar-refractivity contribution is 5.81. The molecule has 4 N–H and O–H groups in total. The minimum atomic E-state index is -0.411. The molecule has 0 heterocycles. The Kier molecular flexibility index (Phi) is 9.09. The number of carbonyl (C=O) groups excluding carboxylic acids is 1. The molecular formula is C13H28N2O2. The number of rotatable bonds is 9. The van der Waals surface area contributed by atoms with Crippen molar-refractivity contribution in [1.29, 1.82) is 0 Å². The lowest BCUT2D eigenvalue weighted by Gasteiger charge is -2.18. The highest BCUT2D eigenvalue weighted by Gasteiger charge is 2.16. The zero-order valence-electron chi connectivity index (χ0n) is 11.4. The molecule has 0 aliphatic heterocycles. The Labute approximate surface area is 105 Å². The molecule has 0 saturated heterocycles. The van der Waals surface area contributed by atoms with Crippen LogP contribution in [0, 0.1) is 11.8 Å². The Bertz CT molecular complexity index is 202. The molecule has 4 heteroatoms. The fraction of sp³-hybridized carbons (Fsp3) is 0.923. The monoisotopic (exact) mass is 244 g/mol. The highest BCUT2D eigenvalue weighted by atomic mass is 16.3. The van der Waals surface area contributed by atoms with E-state index in [1.807, 2.05) is 0 Å². The van der Waals surface area contributed by atoms with Gasteiger partial charge in [-0.05, 0) is 31.1 Å². The number of aliphatic hydroxyl groups excluding tert-OH is 1. The van der Waals surface area contributed by atoms with Crippen molar-refractivity contribution >= 4 is 5.91 Å². The van der Waals surface area contributed by atoms with Gasteiger partial charge in [-0.3, -0.25) is 4.79 Å². The summed E-state index contributed by atoms with van der Waals surface area (Å²) in [5.74, 6) is 0.720. The third-order valence-corrected chi connectivity index (χ3v) is 2.86. The molecule has 0 aromatic rings. The van der Waals surface area contributed by atoms with Crippen LogP contribution < -0.4 is 11.1 Å². The van der Waals surface area contributed by atoms with Gasteiger partial charge in [-0.2, -0.15) is 0 Å². The van der Waals surface area contributed by atoms with Gasteiger partial charge in [0, 0.05) is 13.2 Å². The summed E-state index contributed by atoms with van der Waals surface area (Å²) < 4.78 is 0. The lowest BCUT2D eigenvalue weighted by molar-refractivity contribution is -0.122. The van der Waals surface area contributed by atoms with Crippen LogP contribution in [-0.2, 0) is 4.79 Å². The Morgan fingerprint density at radius 3 is 2.47 bits per heavy atom. The first-order valence-corrected chi connectivity index (χ1v) is 6.65. The van der Waals surface area contributed by atoms with E-state index in [9.17, 15) is 4.79 Å². The number of nitrogens with one attached hydrogen (secondary N) is 1. The van der Waals surface area contributed by atoms with Crippen LogP contribution in [0.3, 0.4) is 0 Å². The van der Waals surface area contributed by atoms with Crippen molar-refractivity contribution in [2.45, 2.75) is 52.5 Å². The summed E-state index contributed by atoms with van der Waals surface area (Å²) in [6.45, 7) is 7.02. The normalized spacial score (nSPS) is 14.7. The molecule has 0 fully saturated rings. The van der Waals surface area contributed by atoms with E-state index in [1.54, 1.807) is 0 Å². The van der Waals surface area contributed by atoms with Crippen LogP contribution in [0.25, 0.3) is 0 Å². The Morgan fingerprint density at radius 1 is 1.35 bits per heavy atom.